The van der Waals surface area contributed by atoms with Crippen LogP contribution in [-0.2, 0) is 0 Å². The first kappa shape index (κ1) is 13.4. The fourth-order valence-corrected chi connectivity index (χ4v) is 3.19. The molecule has 2 nitrogen and oxygen atoms in total. The van der Waals surface area contributed by atoms with Crippen LogP contribution in [0.25, 0.3) is 0 Å². The minimum absolute atomic E-state index is 0.512. The topological polar surface area (TPSA) is 24.1 Å². The zero-order valence-corrected chi connectivity index (χ0v) is 11.7. The summed E-state index contributed by atoms with van der Waals surface area (Å²) in [6.45, 7) is 8.49. The van der Waals surface area contributed by atoms with Crippen molar-refractivity contribution in [2.75, 3.05) is 19.6 Å². The van der Waals surface area contributed by atoms with E-state index >= 15 is 0 Å². The molecule has 100 valence electrons. The Balaban J connectivity index is 1.55. The Morgan fingerprint density at radius 1 is 1.12 bits per heavy atom. The van der Waals surface area contributed by atoms with Gasteiger partial charge in [-0.1, -0.05) is 26.7 Å². The second-order valence-electron chi connectivity index (χ2n) is 6.73. The molecule has 1 aliphatic carbocycles. The Kier molecular flexibility index (Phi) is 4.87. The van der Waals surface area contributed by atoms with Crippen molar-refractivity contribution in [2.24, 2.45) is 11.3 Å². The first-order chi connectivity index (χ1) is 8.18. The van der Waals surface area contributed by atoms with E-state index in [2.05, 4.69) is 24.5 Å². The molecule has 0 bridgehead atoms. The van der Waals surface area contributed by atoms with E-state index in [1.807, 2.05) is 0 Å². The van der Waals surface area contributed by atoms with Gasteiger partial charge in [-0.15, -0.1) is 0 Å². The minimum atomic E-state index is 0.512. The average molecular weight is 238 g/mol. The van der Waals surface area contributed by atoms with Crippen molar-refractivity contribution in [2.45, 2.75) is 64.8 Å². The zero-order chi connectivity index (χ0) is 12.1. The molecule has 1 heterocycles. The molecule has 0 aromatic rings. The van der Waals surface area contributed by atoms with Gasteiger partial charge in [-0.05, 0) is 56.5 Å². The molecular weight excluding hydrogens is 208 g/mol. The summed E-state index contributed by atoms with van der Waals surface area (Å²) in [4.78, 5) is 0. The van der Waals surface area contributed by atoms with Crippen molar-refractivity contribution in [3.63, 3.8) is 0 Å². The lowest BCUT2D eigenvalue weighted by molar-refractivity contribution is 0.118. The van der Waals surface area contributed by atoms with E-state index in [9.17, 15) is 0 Å². The normalized spacial score (nSPS) is 26.8. The number of piperidine rings is 1. The quantitative estimate of drug-likeness (QED) is 0.695. The molecule has 1 aliphatic heterocycles. The molecule has 0 aromatic heterocycles. The predicted molar refractivity (Wildman–Crippen MR) is 74.3 cm³/mol. The highest BCUT2D eigenvalue weighted by atomic mass is 14.9. The molecule has 2 aliphatic rings. The Labute approximate surface area is 107 Å². The van der Waals surface area contributed by atoms with Crippen LogP contribution in [0.5, 0.6) is 0 Å². The maximum absolute atomic E-state index is 3.68. The van der Waals surface area contributed by atoms with Crippen LogP contribution in [0.15, 0.2) is 0 Å². The molecule has 0 amide bonds. The third-order valence-electron chi connectivity index (χ3n) is 4.87. The highest BCUT2D eigenvalue weighted by molar-refractivity contribution is 4.86. The second kappa shape index (κ2) is 6.19. The first-order valence-corrected chi connectivity index (χ1v) is 7.62. The Morgan fingerprint density at radius 3 is 2.53 bits per heavy atom. The lowest BCUT2D eigenvalue weighted by atomic mass is 9.67. The summed E-state index contributed by atoms with van der Waals surface area (Å²) in [6.07, 6.45) is 9.86. The molecule has 0 radical (unpaired) electrons. The number of rotatable bonds is 6. The zero-order valence-electron chi connectivity index (χ0n) is 11.7. The van der Waals surface area contributed by atoms with Crippen molar-refractivity contribution in [3.8, 4) is 0 Å². The first-order valence-electron chi connectivity index (χ1n) is 7.62. The SMILES string of the molecule is CC(C)(CNCCC1CCCCN1)C1CCC1. The summed E-state index contributed by atoms with van der Waals surface area (Å²) in [7, 11) is 0. The molecule has 2 heteroatoms. The molecule has 1 unspecified atom stereocenters. The Morgan fingerprint density at radius 2 is 1.94 bits per heavy atom. The van der Waals surface area contributed by atoms with E-state index in [4.69, 9.17) is 0 Å². The van der Waals surface area contributed by atoms with E-state index in [0.29, 0.717) is 5.41 Å². The highest BCUT2D eigenvalue weighted by Gasteiger charge is 2.33. The van der Waals surface area contributed by atoms with E-state index < -0.39 is 0 Å². The minimum Gasteiger partial charge on any atom is -0.316 e. The van der Waals surface area contributed by atoms with Crippen LogP contribution in [0.1, 0.15) is 58.8 Å². The van der Waals surface area contributed by atoms with Gasteiger partial charge in [0.15, 0.2) is 0 Å². The van der Waals surface area contributed by atoms with Gasteiger partial charge in [0.2, 0.25) is 0 Å². The lowest BCUT2D eigenvalue weighted by Gasteiger charge is -2.40. The number of hydrogen-bond acceptors (Lipinski definition) is 2. The molecule has 0 spiro atoms. The van der Waals surface area contributed by atoms with Gasteiger partial charge in [0.1, 0.15) is 0 Å². The van der Waals surface area contributed by atoms with E-state index in [1.165, 1.54) is 64.6 Å². The van der Waals surface area contributed by atoms with Gasteiger partial charge in [-0.2, -0.15) is 0 Å². The van der Waals surface area contributed by atoms with Crippen LogP contribution >= 0.6 is 0 Å². The van der Waals surface area contributed by atoms with Crippen LogP contribution in [0, 0.1) is 11.3 Å². The van der Waals surface area contributed by atoms with E-state index in [-0.39, 0.29) is 0 Å². The molecule has 1 saturated heterocycles. The van der Waals surface area contributed by atoms with Crippen LogP contribution < -0.4 is 10.6 Å². The summed E-state index contributed by atoms with van der Waals surface area (Å²) in [5.41, 5.74) is 0.512. The molecule has 2 N–H and O–H groups in total. The van der Waals surface area contributed by atoms with E-state index in [1.54, 1.807) is 0 Å². The largest absolute Gasteiger partial charge is 0.316 e. The van der Waals surface area contributed by atoms with Crippen molar-refractivity contribution < 1.29 is 0 Å². The Bertz CT molecular complexity index is 215. The highest BCUT2D eigenvalue weighted by Crippen LogP contribution is 2.41. The molecule has 2 rings (SSSR count). The van der Waals surface area contributed by atoms with Crippen molar-refractivity contribution in [1.29, 1.82) is 0 Å². The second-order valence-corrected chi connectivity index (χ2v) is 6.73. The Hall–Kier alpha value is -0.0800. The molecule has 17 heavy (non-hydrogen) atoms. The van der Waals surface area contributed by atoms with Gasteiger partial charge in [0, 0.05) is 12.6 Å². The van der Waals surface area contributed by atoms with Crippen LogP contribution in [0.3, 0.4) is 0 Å². The summed E-state index contributed by atoms with van der Waals surface area (Å²) in [5, 5.41) is 7.30. The molecular formula is C15H30N2. The fraction of sp³-hybridized carbons (Fsp3) is 1.00. The van der Waals surface area contributed by atoms with Gasteiger partial charge in [-0.25, -0.2) is 0 Å². The predicted octanol–water partition coefficient (Wildman–Crippen LogP) is 2.93. The van der Waals surface area contributed by atoms with Gasteiger partial charge in [0.05, 0.1) is 0 Å². The fourth-order valence-electron chi connectivity index (χ4n) is 3.19. The molecule has 0 aromatic carbocycles. The summed E-state index contributed by atoms with van der Waals surface area (Å²) in [5.74, 6) is 0.975. The van der Waals surface area contributed by atoms with Crippen molar-refractivity contribution in [1.82, 2.24) is 10.6 Å². The van der Waals surface area contributed by atoms with Gasteiger partial charge < -0.3 is 10.6 Å². The molecule has 1 saturated carbocycles. The monoisotopic (exact) mass is 238 g/mol. The van der Waals surface area contributed by atoms with Gasteiger partial charge in [-0.3, -0.25) is 0 Å². The third kappa shape index (κ3) is 3.96. The van der Waals surface area contributed by atoms with Crippen molar-refractivity contribution in [3.05, 3.63) is 0 Å². The van der Waals surface area contributed by atoms with Crippen molar-refractivity contribution >= 4 is 0 Å². The summed E-state index contributed by atoms with van der Waals surface area (Å²) >= 11 is 0. The lowest BCUT2D eigenvalue weighted by Crippen LogP contribution is -2.41. The molecule has 2 fully saturated rings. The average Bonchev–Trinajstić information content (AvgIpc) is 2.23. The standard InChI is InChI=1S/C15H30N2/c1-15(2,13-6-5-7-13)12-16-11-9-14-8-3-4-10-17-14/h13-14,16-17H,3-12H2,1-2H3. The third-order valence-corrected chi connectivity index (χ3v) is 4.87. The van der Waals surface area contributed by atoms with Crippen LogP contribution in [0.2, 0.25) is 0 Å². The smallest absolute Gasteiger partial charge is 0.00791 e. The maximum Gasteiger partial charge on any atom is 0.00791 e. The summed E-state index contributed by atoms with van der Waals surface area (Å²) < 4.78 is 0. The summed E-state index contributed by atoms with van der Waals surface area (Å²) in [6, 6.07) is 0.781. The van der Waals surface area contributed by atoms with Gasteiger partial charge >= 0.3 is 0 Å². The van der Waals surface area contributed by atoms with Gasteiger partial charge in [0.25, 0.3) is 0 Å². The van der Waals surface area contributed by atoms with Crippen LogP contribution in [0.4, 0.5) is 0 Å². The number of hydrogen-bond donors (Lipinski definition) is 2. The van der Waals surface area contributed by atoms with Crippen LogP contribution in [-0.4, -0.2) is 25.7 Å². The van der Waals surface area contributed by atoms with E-state index in [0.717, 1.165) is 12.0 Å². The molecule has 1 atom stereocenters. The number of nitrogens with one attached hydrogen (secondary N) is 2. The maximum atomic E-state index is 3.68.